The second kappa shape index (κ2) is 9.89. The van der Waals surface area contributed by atoms with Gasteiger partial charge in [-0.25, -0.2) is 0 Å². The van der Waals surface area contributed by atoms with Gasteiger partial charge in [0.2, 0.25) is 5.91 Å². The van der Waals surface area contributed by atoms with Gasteiger partial charge < -0.3 is 19.3 Å². The minimum atomic E-state index is -0.0325. The number of ether oxygens (including phenoxy) is 2. The molecule has 0 saturated carbocycles. The average Bonchev–Trinajstić information content (AvgIpc) is 3.17. The molecule has 9 nitrogen and oxygen atoms in total. The SMILES string of the molecule is COCCn1nc(C(=O)N2CCN(CC(=O)N3CCCCC3)CC2)c2c1CCOC2. The molecule has 2 saturated heterocycles. The summed E-state index contributed by atoms with van der Waals surface area (Å²) in [6, 6.07) is 0. The summed E-state index contributed by atoms with van der Waals surface area (Å²) in [6.07, 6.45) is 4.21. The van der Waals surface area contributed by atoms with Crippen LogP contribution in [0, 0.1) is 0 Å². The first-order valence-electron chi connectivity index (χ1n) is 11.1. The van der Waals surface area contributed by atoms with Gasteiger partial charge in [-0.2, -0.15) is 5.10 Å². The number of aromatic nitrogens is 2. The van der Waals surface area contributed by atoms with Gasteiger partial charge in [-0.3, -0.25) is 19.2 Å². The number of fused-ring (bicyclic) bond motifs is 1. The minimum Gasteiger partial charge on any atom is -0.383 e. The van der Waals surface area contributed by atoms with E-state index in [2.05, 4.69) is 10.00 Å². The molecule has 2 fully saturated rings. The van der Waals surface area contributed by atoms with Crippen LogP contribution in [0.25, 0.3) is 0 Å². The zero-order chi connectivity index (χ0) is 20.9. The summed E-state index contributed by atoms with van der Waals surface area (Å²) >= 11 is 0. The van der Waals surface area contributed by atoms with E-state index in [1.54, 1.807) is 7.11 Å². The van der Waals surface area contributed by atoms with Crippen molar-refractivity contribution in [1.82, 2.24) is 24.5 Å². The number of carbonyl (C=O) groups excluding carboxylic acids is 2. The number of piperidine rings is 1. The first-order chi connectivity index (χ1) is 14.7. The third-order valence-electron chi connectivity index (χ3n) is 6.33. The van der Waals surface area contributed by atoms with E-state index in [4.69, 9.17) is 9.47 Å². The smallest absolute Gasteiger partial charge is 0.274 e. The van der Waals surface area contributed by atoms with E-state index in [0.29, 0.717) is 64.8 Å². The Morgan fingerprint density at radius 3 is 2.53 bits per heavy atom. The quantitative estimate of drug-likeness (QED) is 0.663. The Morgan fingerprint density at radius 1 is 1.03 bits per heavy atom. The minimum absolute atomic E-state index is 0.0325. The van der Waals surface area contributed by atoms with Gasteiger partial charge in [0, 0.05) is 64.1 Å². The number of hydrogen-bond acceptors (Lipinski definition) is 6. The lowest BCUT2D eigenvalue weighted by molar-refractivity contribution is -0.133. The van der Waals surface area contributed by atoms with E-state index >= 15 is 0 Å². The first kappa shape index (κ1) is 21.3. The van der Waals surface area contributed by atoms with E-state index in [-0.39, 0.29) is 11.8 Å². The van der Waals surface area contributed by atoms with Crippen molar-refractivity contribution in [2.24, 2.45) is 0 Å². The zero-order valence-corrected chi connectivity index (χ0v) is 18.0. The van der Waals surface area contributed by atoms with Gasteiger partial charge >= 0.3 is 0 Å². The van der Waals surface area contributed by atoms with Crippen molar-refractivity contribution in [3.63, 3.8) is 0 Å². The number of carbonyl (C=O) groups is 2. The van der Waals surface area contributed by atoms with Gasteiger partial charge in [0.1, 0.15) is 0 Å². The molecule has 4 rings (SSSR count). The predicted molar refractivity (Wildman–Crippen MR) is 110 cm³/mol. The lowest BCUT2D eigenvalue weighted by atomic mass is 10.1. The van der Waals surface area contributed by atoms with Gasteiger partial charge in [-0.05, 0) is 19.3 Å². The predicted octanol–water partition coefficient (Wildman–Crippen LogP) is 0.373. The van der Waals surface area contributed by atoms with E-state index in [1.807, 2.05) is 14.5 Å². The van der Waals surface area contributed by atoms with Crippen molar-refractivity contribution in [3.8, 4) is 0 Å². The summed E-state index contributed by atoms with van der Waals surface area (Å²) in [6.45, 7) is 7.19. The van der Waals surface area contributed by atoms with Crippen LogP contribution in [0.4, 0.5) is 0 Å². The monoisotopic (exact) mass is 419 g/mol. The molecule has 0 aliphatic carbocycles. The van der Waals surface area contributed by atoms with Crippen LogP contribution in [0.3, 0.4) is 0 Å². The van der Waals surface area contributed by atoms with E-state index in [0.717, 1.165) is 43.6 Å². The number of likely N-dealkylation sites (tertiary alicyclic amines) is 1. The van der Waals surface area contributed by atoms with Gasteiger partial charge in [0.05, 0.1) is 32.9 Å². The normalized spacial score (nSPS) is 20.3. The van der Waals surface area contributed by atoms with Gasteiger partial charge in [0.15, 0.2) is 5.69 Å². The molecule has 30 heavy (non-hydrogen) atoms. The summed E-state index contributed by atoms with van der Waals surface area (Å²) in [4.78, 5) is 31.7. The van der Waals surface area contributed by atoms with E-state index in [9.17, 15) is 9.59 Å². The summed E-state index contributed by atoms with van der Waals surface area (Å²) in [5, 5.41) is 4.62. The van der Waals surface area contributed by atoms with Crippen LogP contribution in [-0.4, -0.2) is 102 Å². The summed E-state index contributed by atoms with van der Waals surface area (Å²) < 4.78 is 12.7. The molecule has 9 heteroatoms. The van der Waals surface area contributed by atoms with Gasteiger partial charge in [0.25, 0.3) is 5.91 Å². The Balaban J connectivity index is 1.35. The molecule has 0 radical (unpaired) electrons. The molecule has 0 atom stereocenters. The van der Waals surface area contributed by atoms with Crippen LogP contribution < -0.4 is 0 Å². The van der Waals surface area contributed by atoms with Crippen molar-refractivity contribution in [2.75, 3.05) is 66.1 Å². The van der Waals surface area contributed by atoms with Crippen molar-refractivity contribution in [1.29, 1.82) is 0 Å². The molecule has 2 amide bonds. The summed E-state index contributed by atoms with van der Waals surface area (Å²) in [5.41, 5.74) is 2.52. The fraction of sp³-hybridized carbons (Fsp3) is 0.762. The fourth-order valence-electron chi connectivity index (χ4n) is 4.54. The largest absolute Gasteiger partial charge is 0.383 e. The van der Waals surface area contributed by atoms with Gasteiger partial charge in [-0.15, -0.1) is 0 Å². The molecular formula is C21H33N5O4. The Morgan fingerprint density at radius 2 is 1.80 bits per heavy atom. The number of piperazine rings is 1. The lowest BCUT2D eigenvalue weighted by Crippen LogP contribution is -2.52. The Bertz CT molecular complexity index is 751. The van der Waals surface area contributed by atoms with Crippen LogP contribution >= 0.6 is 0 Å². The Labute approximate surface area is 177 Å². The number of hydrogen-bond donors (Lipinski definition) is 0. The zero-order valence-electron chi connectivity index (χ0n) is 18.0. The van der Waals surface area contributed by atoms with E-state index < -0.39 is 0 Å². The topological polar surface area (TPSA) is 80.1 Å². The van der Waals surface area contributed by atoms with Crippen LogP contribution in [0.1, 0.15) is 41.0 Å². The number of nitrogens with zero attached hydrogens (tertiary/aromatic N) is 5. The van der Waals surface area contributed by atoms with Crippen molar-refractivity contribution in [2.45, 2.75) is 38.8 Å². The highest BCUT2D eigenvalue weighted by Crippen LogP contribution is 2.23. The second-order valence-electron chi connectivity index (χ2n) is 8.30. The van der Waals surface area contributed by atoms with Crippen LogP contribution in [0.2, 0.25) is 0 Å². The highest BCUT2D eigenvalue weighted by Gasteiger charge is 2.31. The third-order valence-corrected chi connectivity index (χ3v) is 6.33. The molecule has 166 valence electrons. The first-order valence-corrected chi connectivity index (χ1v) is 11.1. The van der Waals surface area contributed by atoms with Crippen LogP contribution in [0.15, 0.2) is 0 Å². The van der Waals surface area contributed by atoms with Crippen molar-refractivity contribution in [3.05, 3.63) is 17.0 Å². The molecule has 0 spiro atoms. The molecule has 4 heterocycles. The molecule has 3 aliphatic rings. The van der Waals surface area contributed by atoms with Crippen LogP contribution in [-0.2, 0) is 33.8 Å². The molecule has 0 bridgehead atoms. The lowest BCUT2D eigenvalue weighted by Gasteiger charge is -2.36. The highest BCUT2D eigenvalue weighted by molar-refractivity contribution is 5.94. The third kappa shape index (κ3) is 4.68. The Kier molecular flexibility index (Phi) is 7.01. The van der Waals surface area contributed by atoms with Crippen molar-refractivity contribution >= 4 is 11.8 Å². The molecule has 1 aromatic rings. The molecule has 0 N–H and O–H groups in total. The number of rotatable bonds is 6. The summed E-state index contributed by atoms with van der Waals surface area (Å²) in [5.74, 6) is 0.188. The second-order valence-corrected chi connectivity index (χ2v) is 8.30. The molecule has 0 unspecified atom stereocenters. The molecule has 1 aromatic heterocycles. The van der Waals surface area contributed by atoms with E-state index in [1.165, 1.54) is 6.42 Å². The maximum atomic E-state index is 13.2. The Hall–Kier alpha value is -1.97. The van der Waals surface area contributed by atoms with Crippen LogP contribution in [0.5, 0.6) is 0 Å². The number of amides is 2. The molecule has 3 aliphatic heterocycles. The molecule has 0 aromatic carbocycles. The fourth-order valence-corrected chi connectivity index (χ4v) is 4.54. The standard InChI is InChI=1S/C21H33N5O4/c1-29-14-12-26-18-5-13-30-16-17(18)20(22-26)21(28)25-10-8-23(9-11-25)15-19(27)24-6-3-2-4-7-24/h2-16H2,1H3. The maximum absolute atomic E-state index is 13.2. The molecular weight excluding hydrogens is 386 g/mol. The number of methoxy groups -OCH3 is 1. The van der Waals surface area contributed by atoms with Crippen molar-refractivity contribution < 1.29 is 19.1 Å². The average molecular weight is 420 g/mol. The maximum Gasteiger partial charge on any atom is 0.274 e. The summed E-state index contributed by atoms with van der Waals surface area (Å²) in [7, 11) is 1.67. The highest BCUT2D eigenvalue weighted by atomic mass is 16.5. The van der Waals surface area contributed by atoms with Gasteiger partial charge in [-0.1, -0.05) is 0 Å².